The standard InChI is InChI=1S/C10H19F3N2O3/c1-2-3-4-17-5-6-18-7-8(9(14)15-16)10(11,12)13/h8,16H,2-7H2,1H3,(H2,14,15). The summed E-state index contributed by atoms with van der Waals surface area (Å²) in [4.78, 5) is 0. The quantitative estimate of drug-likeness (QED) is 0.220. The third-order valence-corrected chi connectivity index (χ3v) is 2.17. The van der Waals surface area contributed by atoms with Crippen molar-refractivity contribution < 1.29 is 27.9 Å². The lowest BCUT2D eigenvalue weighted by atomic mass is 10.1. The van der Waals surface area contributed by atoms with Gasteiger partial charge in [0.25, 0.3) is 0 Å². The van der Waals surface area contributed by atoms with Crippen LogP contribution in [0.1, 0.15) is 19.8 Å². The fraction of sp³-hybridized carbons (Fsp3) is 0.900. The van der Waals surface area contributed by atoms with Crippen molar-refractivity contribution in [2.45, 2.75) is 25.9 Å². The van der Waals surface area contributed by atoms with Crippen molar-refractivity contribution in [3.8, 4) is 0 Å². The molecule has 0 aromatic heterocycles. The number of amidine groups is 1. The third-order valence-electron chi connectivity index (χ3n) is 2.17. The molecule has 0 spiro atoms. The second-order valence-corrected chi connectivity index (χ2v) is 3.66. The van der Waals surface area contributed by atoms with Crippen LogP contribution in [0.5, 0.6) is 0 Å². The van der Waals surface area contributed by atoms with Gasteiger partial charge in [-0.05, 0) is 6.42 Å². The summed E-state index contributed by atoms with van der Waals surface area (Å²) < 4.78 is 47.3. The van der Waals surface area contributed by atoms with Gasteiger partial charge >= 0.3 is 6.18 Å². The van der Waals surface area contributed by atoms with Crippen LogP contribution in [0.3, 0.4) is 0 Å². The molecule has 0 bridgehead atoms. The Bertz CT molecular complexity index is 247. The topological polar surface area (TPSA) is 77.1 Å². The average Bonchev–Trinajstić information content (AvgIpc) is 2.30. The highest BCUT2D eigenvalue weighted by Gasteiger charge is 2.43. The minimum atomic E-state index is -4.60. The highest BCUT2D eigenvalue weighted by molar-refractivity contribution is 5.83. The molecule has 0 aliphatic rings. The van der Waals surface area contributed by atoms with E-state index in [2.05, 4.69) is 5.16 Å². The van der Waals surface area contributed by atoms with Gasteiger partial charge in [-0.3, -0.25) is 0 Å². The van der Waals surface area contributed by atoms with Crippen molar-refractivity contribution in [2.75, 3.05) is 26.4 Å². The smallest absolute Gasteiger partial charge is 0.401 e. The molecule has 0 aliphatic heterocycles. The van der Waals surface area contributed by atoms with Gasteiger partial charge in [-0.1, -0.05) is 18.5 Å². The first-order chi connectivity index (χ1) is 8.43. The van der Waals surface area contributed by atoms with Gasteiger partial charge in [0, 0.05) is 6.61 Å². The monoisotopic (exact) mass is 272 g/mol. The van der Waals surface area contributed by atoms with Gasteiger partial charge in [0.2, 0.25) is 0 Å². The third kappa shape index (κ3) is 7.33. The maximum absolute atomic E-state index is 12.5. The SMILES string of the molecule is CCCCOCCOCC(C(N)=NO)C(F)(F)F. The van der Waals surface area contributed by atoms with E-state index in [1.165, 1.54) is 0 Å². The molecule has 0 fully saturated rings. The molecule has 0 saturated carbocycles. The summed E-state index contributed by atoms with van der Waals surface area (Å²) in [6, 6.07) is 0. The summed E-state index contributed by atoms with van der Waals surface area (Å²) >= 11 is 0. The Morgan fingerprint density at radius 2 is 1.89 bits per heavy atom. The lowest BCUT2D eigenvalue weighted by molar-refractivity contribution is -0.169. The van der Waals surface area contributed by atoms with Crippen LogP contribution in [0.15, 0.2) is 5.16 Å². The van der Waals surface area contributed by atoms with E-state index in [0.717, 1.165) is 12.8 Å². The zero-order valence-corrected chi connectivity index (χ0v) is 10.2. The predicted molar refractivity (Wildman–Crippen MR) is 59.5 cm³/mol. The molecule has 0 radical (unpaired) electrons. The van der Waals surface area contributed by atoms with Gasteiger partial charge in [-0.25, -0.2) is 0 Å². The van der Waals surface area contributed by atoms with Crippen LogP contribution in [0.4, 0.5) is 13.2 Å². The number of rotatable bonds is 9. The Kier molecular flexibility index (Phi) is 8.47. The Morgan fingerprint density at radius 3 is 2.39 bits per heavy atom. The number of hydrogen-bond donors (Lipinski definition) is 2. The first kappa shape index (κ1) is 17.0. The van der Waals surface area contributed by atoms with Crippen LogP contribution in [-0.2, 0) is 9.47 Å². The zero-order chi connectivity index (χ0) is 14.0. The molecule has 0 aliphatic carbocycles. The molecule has 5 nitrogen and oxygen atoms in total. The Hall–Kier alpha value is -1.02. The molecule has 108 valence electrons. The summed E-state index contributed by atoms with van der Waals surface area (Å²) in [5, 5.41) is 10.6. The van der Waals surface area contributed by atoms with E-state index < -0.39 is 24.5 Å². The van der Waals surface area contributed by atoms with E-state index in [0.29, 0.717) is 6.61 Å². The summed E-state index contributed by atoms with van der Waals surface area (Å²) in [5.41, 5.74) is 4.95. The minimum Gasteiger partial charge on any atom is -0.409 e. The second kappa shape index (κ2) is 8.98. The Morgan fingerprint density at radius 1 is 1.28 bits per heavy atom. The van der Waals surface area contributed by atoms with Crippen LogP contribution in [0.2, 0.25) is 0 Å². The van der Waals surface area contributed by atoms with Crippen molar-refractivity contribution in [1.29, 1.82) is 0 Å². The molecule has 0 saturated heterocycles. The zero-order valence-electron chi connectivity index (χ0n) is 10.2. The van der Waals surface area contributed by atoms with Crippen LogP contribution in [0, 0.1) is 5.92 Å². The number of nitrogens with zero attached hydrogens (tertiary/aromatic N) is 1. The van der Waals surface area contributed by atoms with Crippen molar-refractivity contribution in [3.63, 3.8) is 0 Å². The lowest BCUT2D eigenvalue weighted by Crippen LogP contribution is -2.39. The molecule has 3 N–H and O–H groups in total. The maximum atomic E-state index is 12.5. The number of nitrogens with two attached hydrogens (primary N) is 1. The lowest BCUT2D eigenvalue weighted by Gasteiger charge is -2.18. The Balaban J connectivity index is 3.86. The maximum Gasteiger partial charge on any atom is 0.401 e. The highest BCUT2D eigenvalue weighted by Crippen LogP contribution is 2.26. The summed E-state index contributed by atoms with van der Waals surface area (Å²) in [6.07, 6.45) is -2.71. The number of oxime groups is 1. The van der Waals surface area contributed by atoms with Crippen LogP contribution < -0.4 is 5.73 Å². The number of halogens is 3. The van der Waals surface area contributed by atoms with E-state index in [-0.39, 0.29) is 13.2 Å². The van der Waals surface area contributed by atoms with E-state index in [4.69, 9.17) is 20.4 Å². The molecular formula is C10H19F3N2O3. The molecule has 0 heterocycles. The highest BCUT2D eigenvalue weighted by atomic mass is 19.4. The normalized spacial score (nSPS) is 14.8. The van der Waals surface area contributed by atoms with Crippen molar-refractivity contribution in [2.24, 2.45) is 16.8 Å². The van der Waals surface area contributed by atoms with Crippen molar-refractivity contribution in [1.82, 2.24) is 0 Å². The molecule has 18 heavy (non-hydrogen) atoms. The molecule has 1 unspecified atom stereocenters. The van der Waals surface area contributed by atoms with E-state index in [9.17, 15) is 13.2 Å². The van der Waals surface area contributed by atoms with Crippen LogP contribution in [0.25, 0.3) is 0 Å². The largest absolute Gasteiger partial charge is 0.409 e. The summed E-state index contributed by atoms with van der Waals surface area (Å²) in [5.74, 6) is -3.01. The van der Waals surface area contributed by atoms with Crippen molar-refractivity contribution >= 4 is 5.84 Å². The van der Waals surface area contributed by atoms with Crippen LogP contribution >= 0.6 is 0 Å². The predicted octanol–water partition coefficient (Wildman–Crippen LogP) is 1.74. The van der Waals surface area contributed by atoms with Gasteiger partial charge in [-0.2, -0.15) is 13.2 Å². The number of unbranched alkanes of at least 4 members (excludes halogenated alkanes) is 1. The minimum absolute atomic E-state index is 0.0367. The van der Waals surface area contributed by atoms with Gasteiger partial charge in [-0.15, -0.1) is 0 Å². The first-order valence-corrected chi connectivity index (χ1v) is 5.63. The van der Waals surface area contributed by atoms with Crippen LogP contribution in [-0.4, -0.2) is 43.6 Å². The number of alkyl halides is 3. The van der Waals surface area contributed by atoms with E-state index >= 15 is 0 Å². The summed E-state index contributed by atoms with van der Waals surface area (Å²) in [6.45, 7) is 2.14. The van der Waals surface area contributed by atoms with Gasteiger partial charge in [0.05, 0.1) is 19.8 Å². The summed E-state index contributed by atoms with van der Waals surface area (Å²) in [7, 11) is 0. The molecular weight excluding hydrogens is 253 g/mol. The van der Waals surface area contributed by atoms with Crippen molar-refractivity contribution in [3.05, 3.63) is 0 Å². The molecule has 1 atom stereocenters. The number of ether oxygens (including phenoxy) is 2. The van der Waals surface area contributed by atoms with Gasteiger partial charge in [0.15, 0.2) is 5.84 Å². The Labute approximate surface area is 104 Å². The van der Waals surface area contributed by atoms with E-state index in [1.54, 1.807) is 0 Å². The van der Waals surface area contributed by atoms with Gasteiger partial charge in [0.1, 0.15) is 5.92 Å². The number of hydrogen-bond acceptors (Lipinski definition) is 4. The molecule has 0 aromatic rings. The van der Waals surface area contributed by atoms with E-state index in [1.807, 2.05) is 6.92 Å². The fourth-order valence-corrected chi connectivity index (χ4v) is 1.08. The molecule has 8 heteroatoms. The van der Waals surface area contributed by atoms with Gasteiger partial charge < -0.3 is 20.4 Å². The molecule has 0 amide bonds. The second-order valence-electron chi connectivity index (χ2n) is 3.66. The fourth-order valence-electron chi connectivity index (χ4n) is 1.08. The average molecular weight is 272 g/mol. The molecule has 0 aromatic carbocycles. The first-order valence-electron chi connectivity index (χ1n) is 5.63. The molecule has 0 rings (SSSR count).